The molecule has 1 N–H and O–H groups in total. The Morgan fingerprint density at radius 2 is 1.19 bits per heavy atom. The van der Waals surface area contributed by atoms with Crippen molar-refractivity contribution >= 4 is 17.6 Å². The van der Waals surface area contributed by atoms with Crippen LogP contribution in [-0.4, -0.2) is 25.1 Å². The number of esters is 1. The van der Waals surface area contributed by atoms with Crippen LogP contribution in [0.25, 0.3) is 0 Å². The molecule has 0 saturated heterocycles. The van der Waals surface area contributed by atoms with E-state index in [1.807, 2.05) is 6.92 Å². The van der Waals surface area contributed by atoms with Crippen LogP contribution in [-0.2, 0) is 0 Å². The Morgan fingerprint density at radius 3 is 1.86 bits per heavy atom. The van der Waals surface area contributed by atoms with E-state index in [1.54, 1.807) is 72.8 Å². The van der Waals surface area contributed by atoms with Gasteiger partial charge in [0.15, 0.2) is 0 Å². The predicted octanol–water partition coefficient (Wildman–Crippen LogP) is 7.30. The molecule has 3 rings (SSSR count). The number of hydrogen-bond donors (Lipinski definition) is 1. The summed E-state index contributed by atoms with van der Waals surface area (Å²) in [5.41, 5.74) is 1.48. The van der Waals surface area contributed by atoms with Crippen molar-refractivity contribution in [3.63, 3.8) is 0 Å². The number of ether oxygens (including phenoxy) is 3. The zero-order chi connectivity index (χ0) is 25.6. The number of hydrogen-bond acceptors (Lipinski definition) is 5. The molecule has 0 fully saturated rings. The van der Waals surface area contributed by atoms with Crippen molar-refractivity contribution in [3.8, 4) is 17.2 Å². The van der Waals surface area contributed by atoms with Crippen molar-refractivity contribution in [3.05, 3.63) is 83.9 Å². The van der Waals surface area contributed by atoms with Crippen molar-refractivity contribution in [2.75, 3.05) is 18.5 Å². The third-order valence-corrected chi connectivity index (χ3v) is 5.61. The van der Waals surface area contributed by atoms with Crippen LogP contribution in [0.1, 0.15) is 73.1 Å². The summed E-state index contributed by atoms with van der Waals surface area (Å²) in [5, 5.41) is 2.82. The Labute approximate surface area is 213 Å². The Bertz CT molecular complexity index is 1080. The van der Waals surface area contributed by atoms with Crippen molar-refractivity contribution in [2.45, 2.75) is 52.4 Å². The van der Waals surface area contributed by atoms with Gasteiger partial charge in [-0.05, 0) is 86.1 Å². The van der Waals surface area contributed by atoms with Crippen LogP contribution in [0.5, 0.6) is 17.2 Å². The smallest absolute Gasteiger partial charge is 0.343 e. The number of benzene rings is 3. The third kappa shape index (κ3) is 8.77. The molecule has 190 valence electrons. The number of nitrogens with one attached hydrogen (secondary N) is 1. The van der Waals surface area contributed by atoms with E-state index in [0.29, 0.717) is 41.5 Å². The second-order valence-electron chi connectivity index (χ2n) is 8.47. The van der Waals surface area contributed by atoms with Gasteiger partial charge in [-0.3, -0.25) is 4.79 Å². The van der Waals surface area contributed by atoms with Crippen LogP contribution in [0, 0.1) is 0 Å². The van der Waals surface area contributed by atoms with Gasteiger partial charge < -0.3 is 19.5 Å². The monoisotopic (exact) mass is 489 g/mol. The first-order valence-corrected chi connectivity index (χ1v) is 12.7. The lowest BCUT2D eigenvalue weighted by Crippen LogP contribution is -2.12. The second-order valence-corrected chi connectivity index (χ2v) is 8.47. The molecular formula is C30H35NO5. The molecule has 0 radical (unpaired) electrons. The van der Waals surface area contributed by atoms with E-state index in [9.17, 15) is 9.59 Å². The first-order valence-electron chi connectivity index (χ1n) is 12.7. The topological polar surface area (TPSA) is 73.9 Å². The zero-order valence-corrected chi connectivity index (χ0v) is 21.1. The van der Waals surface area contributed by atoms with Gasteiger partial charge in [0.2, 0.25) is 0 Å². The van der Waals surface area contributed by atoms with Crippen molar-refractivity contribution in [1.82, 2.24) is 0 Å². The summed E-state index contributed by atoms with van der Waals surface area (Å²) >= 11 is 0. The van der Waals surface area contributed by atoms with Gasteiger partial charge in [-0.25, -0.2) is 4.79 Å². The summed E-state index contributed by atoms with van der Waals surface area (Å²) in [6.07, 6.45) is 7.31. The zero-order valence-electron chi connectivity index (χ0n) is 21.1. The standard InChI is InChI=1S/C30H35NO5/c1-3-5-6-7-8-9-22-35-27-18-20-28(21-19-27)36-30(33)24-10-14-25(15-11-24)31-29(32)23-12-16-26(17-13-23)34-4-2/h10-21H,3-9,22H2,1-2H3,(H,31,32). The van der Waals surface area contributed by atoms with Gasteiger partial charge in [0.1, 0.15) is 17.2 Å². The highest BCUT2D eigenvalue weighted by Gasteiger charge is 2.11. The van der Waals surface area contributed by atoms with E-state index in [1.165, 1.54) is 32.1 Å². The molecule has 6 nitrogen and oxygen atoms in total. The maximum absolute atomic E-state index is 12.5. The number of anilines is 1. The van der Waals surface area contributed by atoms with Crippen LogP contribution >= 0.6 is 0 Å². The minimum absolute atomic E-state index is 0.243. The van der Waals surface area contributed by atoms with Crippen LogP contribution in [0.15, 0.2) is 72.8 Å². The molecule has 0 aliphatic heterocycles. The lowest BCUT2D eigenvalue weighted by atomic mass is 10.1. The molecule has 1 amide bonds. The Balaban J connectivity index is 1.44. The van der Waals surface area contributed by atoms with Gasteiger partial charge in [0, 0.05) is 11.3 Å². The number of unbranched alkanes of at least 4 members (excludes halogenated alkanes) is 5. The summed E-state index contributed by atoms with van der Waals surface area (Å²) in [5.74, 6) is 1.20. The highest BCUT2D eigenvalue weighted by molar-refractivity contribution is 6.04. The van der Waals surface area contributed by atoms with E-state index >= 15 is 0 Å². The molecular weight excluding hydrogens is 454 g/mol. The maximum Gasteiger partial charge on any atom is 0.343 e. The number of rotatable bonds is 14. The van der Waals surface area contributed by atoms with Crippen LogP contribution in [0.4, 0.5) is 5.69 Å². The summed E-state index contributed by atoms with van der Waals surface area (Å²) in [6.45, 7) is 5.38. The van der Waals surface area contributed by atoms with Crippen LogP contribution in [0.2, 0.25) is 0 Å². The molecule has 6 heteroatoms. The van der Waals surface area contributed by atoms with Gasteiger partial charge >= 0.3 is 5.97 Å². The van der Waals surface area contributed by atoms with E-state index in [2.05, 4.69) is 12.2 Å². The molecule has 3 aromatic carbocycles. The van der Waals surface area contributed by atoms with E-state index in [0.717, 1.165) is 12.2 Å². The van der Waals surface area contributed by atoms with Crippen LogP contribution in [0.3, 0.4) is 0 Å². The van der Waals surface area contributed by atoms with E-state index in [-0.39, 0.29) is 5.91 Å². The maximum atomic E-state index is 12.5. The number of carbonyl (C=O) groups is 2. The number of amides is 1. The molecule has 36 heavy (non-hydrogen) atoms. The van der Waals surface area contributed by atoms with Gasteiger partial charge in [-0.1, -0.05) is 39.0 Å². The fourth-order valence-corrected chi connectivity index (χ4v) is 3.60. The summed E-state index contributed by atoms with van der Waals surface area (Å²) in [7, 11) is 0. The normalized spacial score (nSPS) is 10.5. The molecule has 0 aliphatic carbocycles. The minimum Gasteiger partial charge on any atom is -0.494 e. The second kappa shape index (κ2) is 14.6. The molecule has 0 aliphatic rings. The van der Waals surface area contributed by atoms with Crippen LogP contribution < -0.4 is 19.5 Å². The molecule has 0 heterocycles. The Hall–Kier alpha value is -3.80. The predicted molar refractivity (Wildman–Crippen MR) is 142 cm³/mol. The molecule has 3 aromatic rings. The summed E-state index contributed by atoms with van der Waals surface area (Å²) in [4.78, 5) is 25.0. The average molecular weight is 490 g/mol. The van der Waals surface area contributed by atoms with E-state index in [4.69, 9.17) is 14.2 Å². The van der Waals surface area contributed by atoms with Crippen molar-refractivity contribution < 1.29 is 23.8 Å². The largest absolute Gasteiger partial charge is 0.494 e. The summed E-state index contributed by atoms with van der Waals surface area (Å²) < 4.78 is 16.6. The van der Waals surface area contributed by atoms with Gasteiger partial charge in [0.25, 0.3) is 5.91 Å². The SMILES string of the molecule is CCCCCCCCOc1ccc(OC(=O)c2ccc(NC(=O)c3ccc(OCC)cc3)cc2)cc1. The quantitative estimate of drug-likeness (QED) is 0.146. The highest BCUT2D eigenvalue weighted by atomic mass is 16.5. The lowest BCUT2D eigenvalue weighted by Gasteiger charge is -2.09. The summed E-state index contributed by atoms with van der Waals surface area (Å²) in [6, 6.07) is 20.6. The molecule has 0 spiro atoms. The first-order chi connectivity index (χ1) is 17.6. The Morgan fingerprint density at radius 1 is 0.639 bits per heavy atom. The van der Waals surface area contributed by atoms with Crippen molar-refractivity contribution in [2.24, 2.45) is 0 Å². The molecule has 0 saturated carbocycles. The molecule has 0 atom stereocenters. The van der Waals surface area contributed by atoms with E-state index < -0.39 is 5.97 Å². The fourth-order valence-electron chi connectivity index (χ4n) is 3.60. The molecule has 0 aromatic heterocycles. The third-order valence-electron chi connectivity index (χ3n) is 5.61. The van der Waals surface area contributed by atoms with Crippen molar-refractivity contribution in [1.29, 1.82) is 0 Å². The Kier molecular flexibility index (Phi) is 10.8. The average Bonchev–Trinajstić information content (AvgIpc) is 2.90. The molecule has 0 unspecified atom stereocenters. The van der Waals surface area contributed by atoms with Gasteiger partial charge in [-0.2, -0.15) is 0 Å². The minimum atomic E-state index is -0.472. The fraction of sp³-hybridized carbons (Fsp3) is 0.333. The highest BCUT2D eigenvalue weighted by Crippen LogP contribution is 2.20. The lowest BCUT2D eigenvalue weighted by molar-refractivity contribution is 0.0734. The van der Waals surface area contributed by atoms with Gasteiger partial charge in [-0.15, -0.1) is 0 Å². The van der Waals surface area contributed by atoms with Gasteiger partial charge in [0.05, 0.1) is 18.8 Å². The number of carbonyl (C=O) groups excluding carboxylic acids is 2. The first kappa shape index (κ1) is 26.8. The molecule has 0 bridgehead atoms.